The molecule has 0 aliphatic carbocycles. The van der Waals surface area contributed by atoms with Gasteiger partial charge in [-0.15, -0.1) is 0 Å². The van der Waals surface area contributed by atoms with Crippen LogP contribution >= 0.6 is 11.6 Å². The number of ether oxygens (including phenoxy) is 1. The first-order chi connectivity index (χ1) is 7.65. The van der Waals surface area contributed by atoms with Crippen molar-refractivity contribution < 1.29 is 18.7 Å². The third-order valence-corrected chi connectivity index (χ3v) is 2.14. The molecule has 0 bridgehead atoms. The lowest BCUT2D eigenvalue weighted by atomic mass is 10.2. The van der Waals surface area contributed by atoms with Crippen molar-refractivity contribution >= 4 is 23.9 Å². The maximum absolute atomic E-state index is 13.2. The fourth-order valence-corrected chi connectivity index (χ4v) is 1.28. The van der Waals surface area contributed by atoms with E-state index in [0.717, 1.165) is 6.07 Å². The molecule has 1 aromatic carbocycles. The van der Waals surface area contributed by atoms with Crippen LogP contribution in [0.15, 0.2) is 18.2 Å². The van der Waals surface area contributed by atoms with Gasteiger partial charge in [-0.2, -0.15) is 0 Å². The van der Waals surface area contributed by atoms with Crippen molar-refractivity contribution in [1.29, 1.82) is 0 Å². The summed E-state index contributed by atoms with van der Waals surface area (Å²) in [5.41, 5.74) is 0. The molecule has 16 heavy (non-hydrogen) atoms. The van der Waals surface area contributed by atoms with Crippen molar-refractivity contribution in [2.75, 3.05) is 0 Å². The maximum Gasteiger partial charge on any atom is 0.311 e. The van der Waals surface area contributed by atoms with Crippen molar-refractivity contribution in [1.82, 2.24) is 0 Å². The minimum absolute atomic E-state index is 0.0451. The first-order valence-electron chi connectivity index (χ1n) is 4.73. The molecule has 0 saturated heterocycles. The Morgan fingerprint density at radius 3 is 2.88 bits per heavy atom. The predicted molar refractivity (Wildman–Crippen MR) is 57.0 cm³/mol. The molecule has 0 unspecified atom stereocenters. The highest BCUT2D eigenvalue weighted by molar-refractivity contribution is 6.32. The molecule has 3 nitrogen and oxygen atoms in total. The molecule has 0 saturated carbocycles. The van der Waals surface area contributed by atoms with Gasteiger partial charge in [0.15, 0.2) is 11.6 Å². The third kappa shape index (κ3) is 3.62. The predicted octanol–water partition coefficient (Wildman–Crippen LogP) is 2.75. The fraction of sp³-hybridized carbons (Fsp3) is 0.273. The van der Waals surface area contributed by atoms with Crippen LogP contribution in [-0.2, 0) is 9.59 Å². The molecule has 0 spiro atoms. The van der Waals surface area contributed by atoms with E-state index in [0.29, 0.717) is 12.7 Å². The number of carbonyl (C=O) groups is 2. The monoisotopic (exact) mass is 244 g/mol. The van der Waals surface area contributed by atoms with Crippen molar-refractivity contribution in [2.24, 2.45) is 0 Å². The summed E-state index contributed by atoms with van der Waals surface area (Å²) in [4.78, 5) is 21.2. The van der Waals surface area contributed by atoms with E-state index < -0.39 is 11.8 Å². The van der Waals surface area contributed by atoms with Gasteiger partial charge in [-0.3, -0.25) is 4.79 Å². The number of halogens is 2. The van der Waals surface area contributed by atoms with Gasteiger partial charge in [-0.05, 0) is 18.6 Å². The van der Waals surface area contributed by atoms with Crippen LogP contribution in [0.3, 0.4) is 0 Å². The molecule has 0 aliphatic heterocycles. The Balaban J connectivity index is 2.59. The number of aldehydes is 1. The number of para-hydroxylation sites is 1. The van der Waals surface area contributed by atoms with Crippen LogP contribution < -0.4 is 4.74 Å². The molecular weight excluding hydrogens is 235 g/mol. The van der Waals surface area contributed by atoms with Crippen molar-refractivity contribution in [3.63, 3.8) is 0 Å². The average Bonchev–Trinajstić information content (AvgIpc) is 2.24. The highest BCUT2D eigenvalue weighted by Gasteiger charge is 2.12. The largest absolute Gasteiger partial charge is 0.422 e. The van der Waals surface area contributed by atoms with Gasteiger partial charge in [0.1, 0.15) is 6.29 Å². The van der Waals surface area contributed by atoms with Crippen molar-refractivity contribution in [3.8, 4) is 5.75 Å². The summed E-state index contributed by atoms with van der Waals surface area (Å²) in [7, 11) is 0. The second-order valence-corrected chi connectivity index (χ2v) is 3.49. The van der Waals surface area contributed by atoms with E-state index in [1.165, 1.54) is 12.1 Å². The van der Waals surface area contributed by atoms with Gasteiger partial charge in [-0.1, -0.05) is 17.7 Å². The van der Waals surface area contributed by atoms with E-state index >= 15 is 0 Å². The molecule has 0 aliphatic rings. The lowest BCUT2D eigenvalue weighted by Gasteiger charge is -2.06. The van der Waals surface area contributed by atoms with Crippen molar-refractivity contribution in [2.45, 2.75) is 19.3 Å². The van der Waals surface area contributed by atoms with Crippen LogP contribution in [0.25, 0.3) is 0 Å². The molecule has 0 N–H and O–H groups in total. The molecule has 1 aromatic rings. The smallest absolute Gasteiger partial charge is 0.311 e. The zero-order valence-corrected chi connectivity index (χ0v) is 9.17. The normalized spacial score (nSPS) is 9.88. The first kappa shape index (κ1) is 12.6. The standard InChI is InChI=1S/C11H10ClFO3/c12-8-4-3-5-9(13)11(8)16-10(15)6-1-2-7-14/h3-5,7H,1-2,6H2. The van der Waals surface area contributed by atoms with Gasteiger partial charge in [-0.25, -0.2) is 4.39 Å². The Morgan fingerprint density at radius 1 is 1.50 bits per heavy atom. The summed E-state index contributed by atoms with van der Waals surface area (Å²) in [5, 5.41) is 0.0451. The summed E-state index contributed by atoms with van der Waals surface area (Å²) >= 11 is 5.66. The molecule has 5 heteroatoms. The van der Waals surface area contributed by atoms with Gasteiger partial charge < -0.3 is 9.53 Å². The molecule has 0 radical (unpaired) electrons. The van der Waals surface area contributed by atoms with Gasteiger partial charge >= 0.3 is 5.97 Å². The lowest BCUT2D eigenvalue weighted by molar-refractivity contribution is -0.134. The first-order valence-corrected chi connectivity index (χ1v) is 5.11. The number of unbranched alkanes of at least 4 members (excludes halogenated alkanes) is 1. The van der Waals surface area contributed by atoms with E-state index in [-0.39, 0.29) is 23.6 Å². The Bertz CT molecular complexity index is 373. The molecular formula is C11H10ClFO3. The summed E-state index contributed by atoms with van der Waals surface area (Å²) in [6.45, 7) is 0. The minimum Gasteiger partial charge on any atom is -0.422 e. The lowest BCUT2D eigenvalue weighted by Crippen LogP contribution is -2.09. The molecule has 0 aromatic heterocycles. The van der Waals surface area contributed by atoms with Crippen LogP contribution in [0.1, 0.15) is 19.3 Å². The number of hydrogen-bond acceptors (Lipinski definition) is 3. The Morgan fingerprint density at radius 2 is 2.25 bits per heavy atom. The number of carbonyl (C=O) groups excluding carboxylic acids is 2. The van der Waals surface area contributed by atoms with E-state index in [2.05, 4.69) is 0 Å². The molecule has 0 fully saturated rings. The number of benzene rings is 1. The average molecular weight is 245 g/mol. The van der Waals surface area contributed by atoms with E-state index in [4.69, 9.17) is 16.3 Å². The molecule has 0 heterocycles. The van der Waals surface area contributed by atoms with Gasteiger partial charge in [0.25, 0.3) is 0 Å². The zero-order chi connectivity index (χ0) is 12.0. The zero-order valence-electron chi connectivity index (χ0n) is 8.41. The van der Waals surface area contributed by atoms with Gasteiger partial charge in [0, 0.05) is 12.8 Å². The summed E-state index contributed by atoms with van der Waals surface area (Å²) < 4.78 is 17.9. The number of rotatable bonds is 5. The second kappa shape index (κ2) is 6.23. The SMILES string of the molecule is O=CCCCC(=O)Oc1c(F)cccc1Cl. The molecule has 86 valence electrons. The van der Waals surface area contributed by atoms with Gasteiger partial charge in [0.05, 0.1) is 5.02 Å². The highest BCUT2D eigenvalue weighted by Crippen LogP contribution is 2.27. The van der Waals surface area contributed by atoms with Crippen LogP contribution in [0.4, 0.5) is 4.39 Å². The molecule has 1 rings (SSSR count). The minimum atomic E-state index is -0.684. The maximum atomic E-state index is 13.2. The Labute approximate surface area is 97.2 Å². The summed E-state index contributed by atoms with van der Waals surface area (Å²) in [5.74, 6) is -1.55. The quantitative estimate of drug-likeness (QED) is 0.346. The van der Waals surface area contributed by atoms with Crippen LogP contribution in [0, 0.1) is 5.82 Å². The highest BCUT2D eigenvalue weighted by atomic mass is 35.5. The van der Waals surface area contributed by atoms with Crippen LogP contribution in [0.2, 0.25) is 5.02 Å². The fourth-order valence-electron chi connectivity index (χ4n) is 1.07. The molecule has 0 atom stereocenters. The van der Waals surface area contributed by atoms with E-state index in [9.17, 15) is 14.0 Å². The summed E-state index contributed by atoms with van der Waals surface area (Å²) in [6.07, 6.45) is 1.43. The Hall–Kier alpha value is -1.42. The van der Waals surface area contributed by atoms with Crippen LogP contribution in [-0.4, -0.2) is 12.3 Å². The molecule has 0 amide bonds. The summed E-state index contributed by atoms with van der Waals surface area (Å²) in [6, 6.07) is 4.00. The van der Waals surface area contributed by atoms with Gasteiger partial charge in [0.2, 0.25) is 0 Å². The number of hydrogen-bond donors (Lipinski definition) is 0. The topological polar surface area (TPSA) is 43.4 Å². The van der Waals surface area contributed by atoms with Crippen LogP contribution in [0.5, 0.6) is 5.75 Å². The van der Waals surface area contributed by atoms with E-state index in [1.807, 2.05) is 0 Å². The van der Waals surface area contributed by atoms with E-state index in [1.54, 1.807) is 0 Å². The third-order valence-electron chi connectivity index (χ3n) is 1.84. The number of esters is 1. The second-order valence-electron chi connectivity index (χ2n) is 3.08. The Kier molecular flexibility index (Phi) is 4.92. The van der Waals surface area contributed by atoms with Crippen molar-refractivity contribution in [3.05, 3.63) is 29.0 Å².